The zero-order valence-electron chi connectivity index (χ0n) is 21.2. The van der Waals surface area contributed by atoms with Crippen LogP contribution in [0.4, 0.5) is 0 Å². The van der Waals surface area contributed by atoms with Gasteiger partial charge in [0.15, 0.2) is 0 Å². The van der Waals surface area contributed by atoms with Crippen molar-refractivity contribution in [1.29, 1.82) is 0 Å². The SMILES string of the molecule is Cc1ccc2c(c1)C(=O)NCCN(C(=O)CN1CCOc3ccccc3C1)CCCC(=O)NCCO2.Cl. The van der Waals surface area contributed by atoms with Gasteiger partial charge < -0.3 is 25.0 Å². The highest BCUT2D eigenvalue weighted by Crippen LogP contribution is 2.22. The first-order valence-corrected chi connectivity index (χ1v) is 12.5. The molecule has 0 radical (unpaired) electrons. The molecule has 2 heterocycles. The smallest absolute Gasteiger partial charge is 0.255 e. The van der Waals surface area contributed by atoms with E-state index in [1.165, 1.54) is 0 Å². The summed E-state index contributed by atoms with van der Waals surface area (Å²) in [7, 11) is 0. The molecule has 2 aromatic rings. The van der Waals surface area contributed by atoms with Gasteiger partial charge in [-0.05, 0) is 31.5 Å². The number of nitrogens with one attached hydrogen (secondary N) is 2. The van der Waals surface area contributed by atoms with Gasteiger partial charge >= 0.3 is 0 Å². The van der Waals surface area contributed by atoms with Gasteiger partial charge in [0.2, 0.25) is 11.8 Å². The lowest BCUT2D eigenvalue weighted by atomic mass is 10.1. The van der Waals surface area contributed by atoms with E-state index in [2.05, 4.69) is 15.5 Å². The lowest BCUT2D eigenvalue weighted by Crippen LogP contribution is -2.44. The van der Waals surface area contributed by atoms with Crippen LogP contribution < -0.4 is 20.1 Å². The van der Waals surface area contributed by atoms with E-state index in [0.29, 0.717) is 70.0 Å². The Labute approximate surface area is 223 Å². The third-order valence-corrected chi connectivity index (χ3v) is 6.30. The first-order valence-electron chi connectivity index (χ1n) is 12.5. The number of halogens is 1. The molecule has 10 heteroatoms. The normalized spacial score (nSPS) is 17.6. The Morgan fingerprint density at radius 2 is 1.76 bits per heavy atom. The Morgan fingerprint density at radius 3 is 2.62 bits per heavy atom. The number of carbonyl (C=O) groups excluding carboxylic acids is 3. The van der Waals surface area contributed by atoms with Crippen LogP contribution in [0, 0.1) is 6.92 Å². The summed E-state index contributed by atoms with van der Waals surface area (Å²) in [5.74, 6) is 0.961. The van der Waals surface area contributed by atoms with E-state index in [9.17, 15) is 14.4 Å². The second-order valence-electron chi connectivity index (χ2n) is 9.11. The molecule has 2 N–H and O–H groups in total. The first kappa shape index (κ1) is 28.3. The van der Waals surface area contributed by atoms with E-state index in [1.54, 1.807) is 17.0 Å². The molecule has 3 amide bonds. The molecule has 200 valence electrons. The van der Waals surface area contributed by atoms with Gasteiger partial charge in [-0.1, -0.05) is 29.8 Å². The monoisotopic (exact) mass is 530 g/mol. The standard InChI is InChI=1S/C27H34N4O5.ClH/c1-20-8-9-24-22(17-20)27(34)29-10-13-31(12-4-7-25(32)28-11-15-35-24)26(33)19-30-14-16-36-23-6-3-2-5-21(23)18-30;/h2-3,5-6,8-9,17H,4,7,10-16,18-19H2,1H3,(H,28,32)(H,29,34);1H. The van der Waals surface area contributed by atoms with Crippen LogP contribution in [0.15, 0.2) is 42.5 Å². The molecule has 0 saturated heterocycles. The number of carbonyl (C=O) groups is 3. The van der Waals surface area contributed by atoms with Crippen LogP contribution >= 0.6 is 12.4 Å². The molecule has 0 aromatic heterocycles. The van der Waals surface area contributed by atoms with Gasteiger partial charge in [-0.3, -0.25) is 19.3 Å². The van der Waals surface area contributed by atoms with Crippen molar-refractivity contribution in [3.63, 3.8) is 0 Å². The van der Waals surface area contributed by atoms with Crippen LogP contribution in [0.2, 0.25) is 0 Å². The minimum absolute atomic E-state index is 0. The van der Waals surface area contributed by atoms with Gasteiger partial charge in [0.25, 0.3) is 5.91 Å². The Hall–Kier alpha value is -3.30. The fourth-order valence-corrected chi connectivity index (χ4v) is 4.38. The summed E-state index contributed by atoms with van der Waals surface area (Å²) in [6.07, 6.45) is 0.856. The number of ether oxygens (including phenoxy) is 2. The molecule has 0 bridgehead atoms. The van der Waals surface area contributed by atoms with Gasteiger partial charge in [-0.2, -0.15) is 0 Å². The zero-order valence-corrected chi connectivity index (χ0v) is 22.0. The molecule has 37 heavy (non-hydrogen) atoms. The molecular formula is C27H35ClN4O5. The number of benzene rings is 2. The summed E-state index contributed by atoms with van der Waals surface area (Å²) < 4.78 is 11.6. The van der Waals surface area contributed by atoms with Crippen molar-refractivity contribution in [1.82, 2.24) is 20.4 Å². The van der Waals surface area contributed by atoms with Gasteiger partial charge in [-0.15, -0.1) is 12.4 Å². The maximum absolute atomic E-state index is 13.3. The third kappa shape index (κ3) is 8.10. The number of hydrogen-bond acceptors (Lipinski definition) is 6. The average molecular weight is 531 g/mol. The molecule has 0 saturated carbocycles. The van der Waals surface area contributed by atoms with Crippen molar-refractivity contribution in [2.75, 3.05) is 52.5 Å². The molecule has 0 fully saturated rings. The Morgan fingerprint density at radius 1 is 0.946 bits per heavy atom. The van der Waals surface area contributed by atoms with Crippen LogP contribution in [-0.4, -0.2) is 80.0 Å². The number of rotatable bonds is 2. The minimum atomic E-state index is -0.249. The quantitative estimate of drug-likeness (QED) is 0.617. The Balaban J connectivity index is 0.00000380. The van der Waals surface area contributed by atoms with Crippen molar-refractivity contribution in [2.24, 2.45) is 0 Å². The summed E-state index contributed by atoms with van der Waals surface area (Å²) in [6, 6.07) is 13.3. The number of para-hydroxylation sites is 1. The van der Waals surface area contributed by atoms with E-state index in [-0.39, 0.29) is 43.3 Å². The fourth-order valence-electron chi connectivity index (χ4n) is 4.38. The van der Waals surface area contributed by atoms with Crippen molar-refractivity contribution in [2.45, 2.75) is 26.3 Å². The highest BCUT2D eigenvalue weighted by atomic mass is 35.5. The summed E-state index contributed by atoms with van der Waals surface area (Å²) in [5.41, 5.74) is 2.44. The van der Waals surface area contributed by atoms with Crippen LogP contribution in [0.1, 0.15) is 34.3 Å². The van der Waals surface area contributed by atoms with Crippen molar-refractivity contribution < 1.29 is 23.9 Å². The highest BCUT2D eigenvalue weighted by Gasteiger charge is 2.22. The lowest BCUT2D eigenvalue weighted by Gasteiger charge is -2.27. The highest BCUT2D eigenvalue weighted by molar-refractivity contribution is 5.97. The minimum Gasteiger partial charge on any atom is -0.492 e. The molecule has 0 aliphatic carbocycles. The number of fused-ring (bicyclic) bond motifs is 2. The van der Waals surface area contributed by atoms with E-state index in [0.717, 1.165) is 16.9 Å². The second-order valence-corrected chi connectivity index (χ2v) is 9.11. The van der Waals surface area contributed by atoms with Crippen LogP contribution in [0.5, 0.6) is 11.5 Å². The summed E-state index contributed by atoms with van der Waals surface area (Å²) in [6.45, 7) is 5.65. The predicted molar refractivity (Wildman–Crippen MR) is 142 cm³/mol. The molecular weight excluding hydrogens is 496 g/mol. The Bertz CT molecular complexity index is 1100. The van der Waals surface area contributed by atoms with Gasteiger partial charge in [0.1, 0.15) is 24.7 Å². The first-order chi connectivity index (χ1) is 17.5. The second kappa shape index (κ2) is 13.9. The molecule has 0 atom stereocenters. The fraction of sp³-hybridized carbons (Fsp3) is 0.444. The van der Waals surface area contributed by atoms with Gasteiger partial charge in [-0.25, -0.2) is 0 Å². The van der Waals surface area contributed by atoms with E-state index in [4.69, 9.17) is 9.47 Å². The van der Waals surface area contributed by atoms with Crippen LogP contribution in [0.3, 0.4) is 0 Å². The van der Waals surface area contributed by atoms with Gasteiger partial charge in [0, 0.05) is 44.7 Å². The summed E-state index contributed by atoms with van der Waals surface area (Å²) in [4.78, 5) is 42.3. The van der Waals surface area contributed by atoms with Crippen molar-refractivity contribution in [3.05, 3.63) is 59.2 Å². The zero-order chi connectivity index (χ0) is 25.3. The molecule has 0 unspecified atom stereocenters. The number of nitrogens with zero attached hydrogens (tertiary/aromatic N) is 2. The summed E-state index contributed by atoms with van der Waals surface area (Å²) in [5, 5.41) is 5.77. The maximum Gasteiger partial charge on any atom is 0.255 e. The van der Waals surface area contributed by atoms with Crippen LogP contribution in [0.25, 0.3) is 0 Å². The molecule has 2 aliphatic heterocycles. The number of hydrogen-bond donors (Lipinski definition) is 2. The Kier molecular flexibility index (Phi) is 10.6. The molecule has 2 aromatic carbocycles. The van der Waals surface area contributed by atoms with E-state index >= 15 is 0 Å². The predicted octanol–water partition coefficient (Wildman–Crippen LogP) is 2.16. The van der Waals surface area contributed by atoms with E-state index < -0.39 is 0 Å². The average Bonchev–Trinajstić information content (AvgIpc) is 3.07. The molecule has 4 rings (SSSR count). The topological polar surface area (TPSA) is 100 Å². The number of aryl methyl sites for hydroxylation is 1. The number of amides is 3. The van der Waals surface area contributed by atoms with Crippen molar-refractivity contribution >= 4 is 30.1 Å². The van der Waals surface area contributed by atoms with Gasteiger partial charge in [0.05, 0.1) is 18.7 Å². The summed E-state index contributed by atoms with van der Waals surface area (Å²) >= 11 is 0. The molecule has 9 nitrogen and oxygen atoms in total. The van der Waals surface area contributed by atoms with Crippen molar-refractivity contribution in [3.8, 4) is 11.5 Å². The maximum atomic E-state index is 13.3. The van der Waals surface area contributed by atoms with Crippen LogP contribution in [-0.2, 0) is 16.1 Å². The molecule has 0 spiro atoms. The largest absolute Gasteiger partial charge is 0.492 e. The van der Waals surface area contributed by atoms with E-state index in [1.807, 2.05) is 37.3 Å². The molecule has 2 aliphatic rings. The lowest BCUT2D eigenvalue weighted by molar-refractivity contribution is -0.133. The third-order valence-electron chi connectivity index (χ3n) is 6.30.